The molecule has 0 bridgehead atoms. The Morgan fingerprint density at radius 1 is 1.24 bits per heavy atom. The van der Waals surface area contributed by atoms with E-state index in [1.54, 1.807) is 13.8 Å². The van der Waals surface area contributed by atoms with Crippen LogP contribution in [0, 0.1) is 0 Å². The van der Waals surface area contributed by atoms with Crippen molar-refractivity contribution in [1.82, 2.24) is 14.9 Å². The number of carbonyl (C=O) groups is 2. The molecule has 0 saturated heterocycles. The second-order valence-corrected chi connectivity index (χ2v) is 12.4. The fourth-order valence-corrected chi connectivity index (χ4v) is 6.24. The van der Waals surface area contributed by atoms with Crippen LogP contribution in [0.25, 0.3) is 6.08 Å². The van der Waals surface area contributed by atoms with E-state index in [0.717, 1.165) is 52.0 Å². The molecular weight excluding hydrogens is 490 g/mol. The van der Waals surface area contributed by atoms with Crippen LogP contribution in [0.2, 0.25) is 0 Å². The minimum Gasteiger partial charge on any atom is -0.480 e. The number of unbranched alkanes of at least 4 members (excludes halogenated alkanes) is 4. The molecule has 2 aromatic heterocycles. The molecule has 1 aliphatic rings. The zero-order valence-corrected chi connectivity index (χ0v) is 22.5. The maximum absolute atomic E-state index is 13.4. The molecule has 0 aliphatic heterocycles. The average Bonchev–Trinajstić information content (AvgIpc) is 3.41. The SMILES string of the molecule is CCCCCCCN(CCc1csc(SC(C)(C)C(=O)O)n1)C(=O)c1cc2c([nH]1)CCC(Cl)=C2. The number of aromatic nitrogens is 2. The Labute approximate surface area is 215 Å². The van der Waals surface area contributed by atoms with E-state index in [-0.39, 0.29) is 5.91 Å². The Morgan fingerprint density at radius 2 is 2.00 bits per heavy atom. The van der Waals surface area contributed by atoms with Crippen molar-refractivity contribution in [2.45, 2.75) is 81.2 Å². The van der Waals surface area contributed by atoms with Gasteiger partial charge in [0.1, 0.15) is 10.4 Å². The van der Waals surface area contributed by atoms with Gasteiger partial charge < -0.3 is 15.0 Å². The second-order valence-electron chi connectivity index (χ2n) is 9.19. The van der Waals surface area contributed by atoms with Gasteiger partial charge in [0.2, 0.25) is 0 Å². The number of thioether (sulfide) groups is 1. The van der Waals surface area contributed by atoms with Crippen molar-refractivity contribution in [3.05, 3.63) is 39.1 Å². The van der Waals surface area contributed by atoms with Gasteiger partial charge in [-0.25, -0.2) is 4.98 Å². The zero-order valence-electron chi connectivity index (χ0n) is 20.2. The lowest BCUT2D eigenvalue weighted by Crippen LogP contribution is -2.34. The predicted molar refractivity (Wildman–Crippen MR) is 141 cm³/mol. The molecule has 186 valence electrons. The van der Waals surface area contributed by atoms with Gasteiger partial charge in [-0.3, -0.25) is 9.59 Å². The van der Waals surface area contributed by atoms with Crippen molar-refractivity contribution in [1.29, 1.82) is 0 Å². The summed E-state index contributed by atoms with van der Waals surface area (Å²) in [4.78, 5) is 34.7. The molecule has 9 heteroatoms. The van der Waals surface area contributed by atoms with Gasteiger partial charge in [-0.2, -0.15) is 0 Å². The third-order valence-electron chi connectivity index (χ3n) is 5.94. The van der Waals surface area contributed by atoms with Crippen LogP contribution in [-0.4, -0.2) is 49.7 Å². The highest BCUT2D eigenvalue weighted by atomic mass is 35.5. The minimum absolute atomic E-state index is 0.00579. The Bertz CT molecular complexity index is 1030. The number of rotatable bonds is 13. The number of carboxylic acids is 1. The van der Waals surface area contributed by atoms with Crippen molar-refractivity contribution in [2.24, 2.45) is 0 Å². The Kier molecular flexibility index (Phi) is 9.68. The first-order valence-corrected chi connectivity index (χ1v) is 14.0. The molecule has 6 nitrogen and oxygen atoms in total. The summed E-state index contributed by atoms with van der Waals surface area (Å²) in [6.45, 7) is 6.84. The van der Waals surface area contributed by atoms with E-state index in [4.69, 9.17) is 11.6 Å². The molecule has 0 radical (unpaired) electrons. The van der Waals surface area contributed by atoms with Gasteiger partial charge in [-0.1, -0.05) is 56.0 Å². The smallest absolute Gasteiger partial charge is 0.319 e. The number of aromatic amines is 1. The number of carbonyl (C=O) groups excluding carboxylic acids is 1. The Hall–Kier alpha value is -1.77. The third kappa shape index (κ3) is 7.36. The van der Waals surface area contributed by atoms with E-state index < -0.39 is 10.7 Å². The van der Waals surface area contributed by atoms with E-state index in [1.807, 2.05) is 22.4 Å². The normalized spacial score (nSPS) is 13.5. The number of allylic oxidation sites excluding steroid dienone is 1. The predicted octanol–water partition coefficient (Wildman–Crippen LogP) is 6.61. The molecule has 0 fully saturated rings. The molecule has 2 aromatic rings. The lowest BCUT2D eigenvalue weighted by molar-refractivity contribution is -0.138. The van der Waals surface area contributed by atoms with Crippen LogP contribution >= 0.6 is 34.7 Å². The topological polar surface area (TPSA) is 86.3 Å². The van der Waals surface area contributed by atoms with E-state index in [1.165, 1.54) is 42.4 Å². The molecule has 0 spiro atoms. The van der Waals surface area contributed by atoms with Crippen molar-refractivity contribution in [3.63, 3.8) is 0 Å². The van der Waals surface area contributed by atoms with Crippen molar-refractivity contribution < 1.29 is 14.7 Å². The molecule has 2 N–H and O–H groups in total. The summed E-state index contributed by atoms with van der Waals surface area (Å²) in [7, 11) is 0. The molecule has 3 rings (SSSR count). The van der Waals surface area contributed by atoms with E-state index in [9.17, 15) is 14.7 Å². The maximum atomic E-state index is 13.4. The summed E-state index contributed by atoms with van der Waals surface area (Å²) in [5, 5.41) is 12.1. The number of H-pyrrole nitrogens is 1. The fourth-order valence-electron chi connectivity index (χ4n) is 3.80. The Balaban J connectivity index is 1.66. The summed E-state index contributed by atoms with van der Waals surface area (Å²) in [5.41, 5.74) is 3.57. The number of carboxylic acid groups (broad SMARTS) is 1. The largest absolute Gasteiger partial charge is 0.480 e. The number of hydrogen-bond donors (Lipinski definition) is 2. The van der Waals surface area contributed by atoms with Gasteiger partial charge in [0.05, 0.1) is 5.69 Å². The number of aryl methyl sites for hydroxylation is 1. The van der Waals surface area contributed by atoms with Crippen LogP contribution in [0.15, 0.2) is 20.8 Å². The lowest BCUT2D eigenvalue weighted by Gasteiger charge is -2.22. The number of amides is 1. The molecule has 34 heavy (non-hydrogen) atoms. The number of hydrogen-bond acceptors (Lipinski definition) is 5. The second kappa shape index (κ2) is 12.3. The van der Waals surface area contributed by atoms with Crippen LogP contribution in [0.5, 0.6) is 0 Å². The molecule has 2 heterocycles. The summed E-state index contributed by atoms with van der Waals surface area (Å²) in [6.07, 6.45) is 9.87. The molecule has 1 aliphatic carbocycles. The zero-order chi connectivity index (χ0) is 24.7. The van der Waals surface area contributed by atoms with E-state index >= 15 is 0 Å². The summed E-state index contributed by atoms with van der Waals surface area (Å²) in [6, 6.07) is 1.91. The monoisotopic (exact) mass is 523 g/mol. The molecule has 1 amide bonds. The summed E-state index contributed by atoms with van der Waals surface area (Å²) < 4.78 is -0.194. The van der Waals surface area contributed by atoms with Crippen molar-refractivity contribution >= 4 is 52.7 Å². The minimum atomic E-state index is -0.931. The first kappa shape index (κ1) is 26.8. The van der Waals surface area contributed by atoms with Crippen molar-refractivity contribution in [3.8, 4) is 0 Å². The highest BCUT2D eigenvalue weighted by molar-refractivity contribution is 8.03. The summed E-state index contributed by atoms with van der Waals surface area (Å²) in [5.74, 6) is -0.856. The van der Waals surface area contributed by atoms with Crippen LogP contribution in [0.1, 0.15) is 86.7 Å². The molecule has 0 unspecified atom stereocenters. The van der Waals surface area contributed by atoms with E-state index in [0.29, 0.717) is 25.2 Å². The number of aliphatic carboxylic acids is 1. The summed E-state index contributed by atoms with van der Waals surface area (Å²) >= 11 is 8.91. The first-order valence-electron chi connectivity index (χ1n) is 11.9. The number of halogens is 1. The number of thiazole rings is 1. The Morgan fingerprint density at radius 3 is 2.74 bits per heavy atom. The first-order chi connectivity index (χ1) is 16.2. The van der Waals surface area contributed by atoms with Crippen LogP contribution in [0.3, 0.4) is 0 Å². The van der Waals surface area contributed by atoms with Crippen LogP contribution < -0.4 is 0 Å². The average molecular weight is 524 g/mol. The highest BCUT2D eigenvalue weighted by Gasteiger charge is 2.30. The third-order valence-corrected chi connectivity index (χ3v) is 8.41. The quantitative estimate of drug-likeness (QED) is 0.228. The van der Waals surface area contributed by atoms with Crippen LogP contribution in [0.4, 0.5) is 0 Å². The molecule has 0 atom stereocenters. The van der Waals surface area contributed by atoms with E-state index in [2.05, 4.69) is 16.9 Å². The number of nitrogens with one attached hydrogen (secondary N) is 1. The standard InChI is InChI=1S/C25H34ClN3O3S2/c1-4-5-6-7-8-12-29(22(30)21-15-17-14-18(26)9-10-20(17)28-21)13-11-19-16-33-24(27-19)34-25(2,3)23(31)32/h14-16,28H,4-13H2,1-3H3,(H,31,32). The maximum Gasteiger partial charge on any atom is 0.319 e. The van der Waals surface area contributed by atoms with Gasteiger partial charge in [0, 0.05) is 35.6 Å². The van der Waals surface area contributed by atoms with Crippen molar-refractivity contribution in [2.75, 3.05) is 13.1 Å². The molecule has 0 saturated carbocycles. The number of nitrogens with zero attached hydrogens (tertiary/aromatic N) is 2. The number of fused-ring (bicyclic) bond motifs is 1. The van der Waals surface area contributed by atoms with Gasteiger partial charge in [0.25, 0.3) is 5.91 Å². The van der Waals surface area contributed by atoms with Crippen LogP contribution in [-0.2, 0) is 17.6 Å². The molecular formula is C25H34ClN3O3S2. The highest BCUT2D eigenvalue weighted by Crippen LogP contribution is 2.34. The van der Waals surface area contributed by atoms with Gasteiger partial charge in [0.15, 0.2) is 4.34 Å². The van der Waals surface area contributed by atoms with Gasteiger partial charge in [-0.15, -0.1) is 11.3 Å². The fraction of sp³-hybridized carbons (Fsp3) is 0.560. The molecule has 0 aromatic carbocycles. The van der Waals surface area contributed by atoms with Gasteiger partial charge >= 0.3 is 5.97 Å². The lowest BCUT2D eigenvalue weighted by atomic mass is 10.1. The van der Waals surface area contributed by atoms with Gasteiger partial charge in [-0.05, 0) is 50.8 Å².